The molecule has 30 heavy (non-hydrogen) atoms. The van der Waals surface area contributed by atoms with Gasteiger partial charge in [-0.05, 0) is 18.2 Å². The smallest absolute Gasteiger partial charge is 0.223 e. The second kappa shape index (κ2) is 8.83. The summed E-state index contributed by atoms with van der Waals surface area (Å²) in [6, 6.07) is 5.92. The summed E-state index contributed by atoms with van der Waals surface area (Å²) in [5.74, 6) is 2.40. The molecule has 2 atom stereocenters. The molecule has 2 aromatic rings. The zero-order chi connectivity index (χ0) is 20.3. The van der Waals surface area contributed by atoms with Crippen LogP contribution in [0, 0.1) is 0 Å². The highest BCUT2D eigenvalue weighted by Gasteiger charge is 2.39. The van der Waals surface area contributed by atoms with Crippen molar-refractivity contribution in [1.82, 2.24) is 19.7 Å². The van der Waals surface area contributed by atoms with E-state index < -0.39 is 0 Å². The van der Waals surface area contributed by atoms with Gasteiger partial charge in [0, 0.05) is 30.2 Å². The molecule has 0 saturated carbocycles. The second-order valence-corrected chi connectivity index (χ2v) is 8.64. The Balaban J connectivity index is 1.09. The molecule has 0 spiro atoms. The van der Waals surface area contributed by atoms with Crippen LogP contribution in [0.1, 0.15) is 12.5 Å². The number of rotatable bonds is 5. The summed E-state index contributed by atoms with van der Waals surface area (Å²) in [6.07, 6.45) is 3.48. The van der Waals surface area contributed by atoms with Crippen LogP contribution in [0.3, 0.4) is 0 Å². The molecule has 160 valence electrons. The minimum Gasteiger partial charge on any atom is -0.486 e. The van der Waals surface area contributed by atoms with Gasteiger partial charge in [0.15, 0.2) is 11.5 Å². The summed E-state index contributed by atoms with van der Waals surface area (Å²) < 4.78 is 25.0. The van der Waals surface area contributed by atoms with E-state index in [9.17, 15) is 4.79 Å². The van der Waals surface area contributed by atoms with Crippen molar-refractivity contribution in [3.8, 4) is 11.5 Å². The Morgan fingerprint density at radius 3 is 2.60 bits per heavy atom. The van der Waals surface area contributed by atoms with Crippen LogP contribution < -0.4 is 9.47 Å². The molecule has 0 bridgehead atoms. The van der Waals surface area contributed by atoms with E-state index in [1.54, 1.807) is 22.8 Å². The molecule has 10 heteroatoms. The topological polar surface area (TPSA) is 87.9 Å². The number of amides is 1. The predicted molar refractivity (Wildman–Crippen MR) is 108 cm³/mol. The highest BCUT2D eigenvalue weighted by Crippen LogP contribution is 2.34. The van der Waals surface area contributed by atoms with E-state index in [1.807, 2.05) is 23.1 Å². The zero-order valence-electron chi connectivity index (χ0n) is 16.5. The van der Waals surface area contributed by atoms with Gasteiger partial charge in [0.1, 0.15) is 44.1 Å². The van der Waals surface area contributed by atoms with Crippen molar-refractivity contribution in [2.45, 2.75) is 29.6 Å². The van der Waals surface area contributed by atoms with Crippen LogP contribution in [0.5, 0.6) is 11.5 Å². The second-order valence-electron chi connectivity index (χ2n) is 7.48. The molecule has 0 unspecified atom stereocenters. The molecule has 1 amide bonds. The number of nitrogens with zero attached hydrogens (tertiary/aromatic N) is 4. The highest BCUT2D eigenvalue weighted by atomic mass is 32.2. The Morgan fingerprint density at radius 1 is 1.10 bits per heavy atom. The molecule has 2 fully saturated rings. The number of benzene rings is 1. The van der Waals surface area contributed by atoms with Gasteiger partial charge >= 0.3 is 0 Å². The molecule has 2 saturated heterocycles. The Bertz CT molecular complexity index is 864. The number of thioether (sulfide) groups is 1. The molecule has 0 radical (unpaired) electrons. The average Bonchev–Trinajstić information content (AvgIpc) is 3.41. The number of aromatic nitrogens is 3. The first kappa shape index (κ1) is 19.7. The summed E-state index contributed by atoms with van der Waals surface area (Å²) >= 11 is 1.65. The number of carbonyl (C=O) groups is 1. The minimum atomic E-state index is -0.0899. The van der Waals surface area contributed by atoms with E-state index in [1.165, 1.54) is 6.33 Å². The van der Waals surface area contributed by atoms with Crippen molar-refractivity contribution >= 4 is 17.7 Å². The van der Waals surface area contributed by atoms with Gasteiger partial charge in [-0.3, -0.25) is 4.79 Å². The summed E-state index contributed by atoms with van der Waals surface area (Å²) in [7, 11) is 0. The number of fused-ring (bicyclic) bond motifs is 2. The van der Waals surface area contributed by atoms with E-state index in [-0.39, 0.29) is 24.2 Å². The minimum absolute atomic E-state index is 0.0182. The van der Waals surface area contributed by atoms with Crippen molar-refractivity contribution in [3.63, 3.8) is 0 Å². The zero-order valence-corrected chi connectivity index (χ0v) is 17.3. The third kappa shape index (κ3) is 4.26. The van der Waals surface area contributed by atoms with Crippen LogP contribution in [0.4, 0.5) is 0 Å². The molecule has 0 N–H and O–H groups in total. The predicted octanol–water partition coefficient (Wildman–Crippen LogP) is 1.40. The van der Waals surface area contributed by atoms with Crippen molar-refractivity contribution < 1.29 is 23.7 Å². The molecule has 1 aromatic heterocycles. The summed E-state index contributed by atoms with van der Waals surface area (Å²) in [6.45, 7) is 3.31. The van der Waals surface area contributed by atoms with Crippen molar-refractivity contribution in [2.75, 3.05) is 45.3 Å². The van der Waals surface area contributed by atoms with Crippen LogP contribution in [0.15, 0.2) is 35.7 Å². The normalized spacial score (nSPS) is 23.8. The van der Waals surface area contributed by atoms with Gasteiger partial charge in [-0.1, -0.05) is 0 Å². The molecular weight excluding hydrogens is 408 g/mol. The van der Waals surface area contributed by atoms with E-state index in [4.69, 9.17) is 18.9 Å². The Labute approximate surface area is 178 Å². The Morgan fingerprint density at radius 2 is 1.87 bits per heavy atom. The van der Waals surface area contributed by atoms with Gasteiger partial charge in [-0.15, -0.1) is 11.8 Å². The van der Waals surface area contributed by atoms with Gasteiger partial charge in [0.25, 0.3) is 0 Å². The largest absolute Gasteiger partial charge is 0.486 e. The van der Waals surface area contributed by atoms with Crippen molar-refractivity contribution in [3.05, 3.63) is 30.9 Å². The average molecular weight is 433 g/mol. The number of hydrogen-bond acceptors (Lipinski definition) is 8. The van der Waals surface area contributed by atoms with Crippen LogP contribution in [-0.4, -0.2) is 83.0 Å². The van der Waals surface area contributed by atoms with Crippen LogP contribution in [0.25, 0.3) is 0 Å². The van der Waals surface area contributed by atoms with Gasteiger partial charge in [0.05, 0.1) is 13.2 Å². The fourth-order valence-corrected chi connectivity index (χ4v) is 4.74. The first-order chi connectivity index (χ1) is 14.8. The number of ether oxygens (including phenoxy) is 4. The van der Waals surface area contributed by atoms with Crippen LogP contribution in [0.2, 0.25) is 0 Å². The third-order valence-electron chi connectivity index (χ3n) is 5.48. The number of carbonyl (C=O) groups excluding carboxylic acids is 1. The third-order valence-corrected chi connectivity index (χ3v) is 6.48. The van der Waals surface area contributed by atoms with Gasteiger partial charge < -0.3 is 23.8 Å². The molecule has 3 aliphatic rings. The lowest BCUT2D eigenvalue weighted by Crippen LogP contribution is -2.31. The highest BCUT2D eigenvalue weighted by molar-refractivity contribution is 7.99. The van der Waals surface area contributed by atoms with Crippen LogP contribution in [-0.2, 0) is 14.3 Å². The molecular formula is C20H24N4O5S. The number of likely N-dealkylation sites (tertiary alicyclic amines) is 1. The van der Waals surface area contributed by atoms with E-state index in [0.717, 1.165) is 16.4 Å². The molecule has 1 aromatic carbocycles. The van der Waals surface area contributed by atoms with Gasteiger partial charge in [0.2, 0.25) is 5.91 Å². The first-order valence-corrected chi connectivity index (χ1v) is 11.1. The van der Waals surface area contributed by atoms with E-state index in [2.05, 4.69) is 10.1 Å². The molecule has 4 heterocycles. The standard InChI is InChI=1S/C20H24N4O5S/c25-20(3-6-30-15-1-2-16-17(7-15)27-5-4-26-16)23-8-18-19(9-23)29-11-14(10-28-18)24-13-21-12-22-24/h1-2,7,12-14,18-19H,3-6,8-11H2/t18-,19-/m0/s1. The lowest BCUT2D eigenvalue weighted by atomic mass is 10.3. The summed E-state index contributed by atoms with van der Waals surface area (Å²) in [5, 5.41) is 4.17. The maximum absolute atomic E-state index is 12.7. The molecule has 5 rings (SSSR count). The Kier molecular flexibility index (Phi) is 5.78. The van der Waals surface area contributed by atoms with Crippen LogP contribution >= 0.6 is 11.8 Å². The monoisotopic (exact) mass is 432 g/mol. The fraction of sp³-hybridized carbons (Fsp3) is 0.550. The maximum Gasteiger partial charge on any atom is 0.223 e. The molecule has 3 aliphatic heterocycles. The van der Waals surface area contributed by atoms with E-state index >= 15 is 0 Å². The van der Waals surface area contributed by atoms with E-state index in [0.29, 0.717) is 51.7 Å². The molecule has 0 aliphatic carbocycles. The molecule has 9 nitrogen and oxygen atoms in total. The first-order valence-electron chi connectivity index (χ1n) is 10.1. The van der Waals surface area contributed by atoms with Crippen molar-refractivity contribution in [2.24, 2.45) is 0 Å². The van der Waals surface area contributed by atoms with Gasteiger partial charge in [-0.25, -0.2) is 9.67 Å². The fourth-order valence-electron chi connectivity index (χ4n) is 3.87. The number of hydrogen-bond donors (Lipinski definition) is 0. The summed E-state index contributed by atoms with van der Waals surface area (Å²) in [4.78, 5) is 19.6. The maximum atomic E-state index is 12.7. The SMILES string of the molecule is O=C(CCSc1ccc2c(c1)OCCO2)N1C[C@@H]2OCC(n3cncn3)CO[C@H]2C1. The lowest BCUT2D eigenvalue weighted by Gasteiger charge is -2.19. The lowest BCUT2D eigenvalue weighted by molar-refractivity contribution is -0.130. The quantitative estimate of drug-likeness (QED) is 0.656. The van der Waals surface area contributed by atoms with Crippen molar-refractivity contribution in [1.29, 1.82) is 0 Å². The Hall–Kier alpha value is -2.30. The van der Waals surface area contributed by atoms with Gasteiger partial charge in [-0.2, -0.15) is 5.10 Å². The summed E-state index contributed by atoms with van der Waals surface area (Å²) in [5.41, 5.74) is 0.